The second-order valence-corrected chi connectivity index (χ2v) is 5.55. The molecule has 0 fully saturated rings. The van der Waals surface area contributed by atoms with Gasteiger partial charge in [-0.05, 0) is 24.8 Å². The third-order valence-corrected chi connectivity index (χ3v) is 3.90. The van der Waals surface area contributed by atoms with Crippen LogP contribution in [0.4, 0.5) is 5.82 Å². The topological polar surface area (TPSA) is 54.0 Å². The second-order valence-electron chi connectivity index (χ2n) is 3.87. The fourth-order valence-corrected chi connectivity index (χ4v) is 1.88. The number of aromatic nitrogens is 1. The van der Waals surface area contributed by atoms with Gasteiger partial charge in [-0.15, -0.1) is 0 Å². The molecule has 1 unspecified atom stereocenters. The van der Waals surface area contributed by atoms with Crippen LogP contribution in [0.1, 0.15) is 23.8 Å². The van der Waals surface area contributed by atoms with Crippen LogP contribution in [0.15, 0.2) is 12.1 Å². The number of amides is 1. The number of carbonyl (C=O) groups excluding carboxylic acids is 1. The number of thioether (sulfide) groups is 1. The SMILES string of the molecule is CNc1ccc(Cl)c(C(=O)NCCC(C)SC)n1. The summed E-state index contributed by atoms with van der Waals surface area (Å²) < 4.78 is 0. The van der Waals surface area contributed by atoms with Crippen LogP contribution >= 0.6 is 23.4 Å². The molecule has 0 radical (unpaired) electrons. The van der Waals surface area contributed by atoms with Crippen molar-refractivity contribution >= 4 is 35.1 Å². The van der Waals surface area contributed by atoms with Crippen molar-refractivity contribution in [3.05, 3.63) is 22.8 Å². The highest BCUT2D eigenvalue weighted by molar-refractivity contribution is 7.99. The van der Waals surface area contributed by atoms with Crippen LogP contribution < -0.4 is 10.6 Å². The van der Waals surface area contributed by atoms with E-state index in [0.717, 1.165) is 6.42 Å². The Bertz CT molecular complexity index is 414. The van der Waals surface area contributed by atoms with E-state index in [-0.39, 0.29) is 11.6 Å². The summed E-state index contributed by atoms with van der Waals surface area (Å²) in [5, 5.41) is 6.60. The molecule has 1 amide bonds. The van der Waals surface area contributed by atoms with E-state index in [4.69, 9.17) is 11.6 Å². The molecule has 6 heteroatoms. The minimum absolute atomic E-state index is 0.231. The number of carbonyl (C=O) groups is 1. The highest BCUT2D eigenvalue weighted by Gasteiger charge is 2.12. The van der Waals surface area contributed by atoms with Crippen molar-refractivity contribution in [2.45, 2.75) is 18.6 Å². The zero-order valence-electron chi connectivity index (χ0n) is 10.8. The van der Waals surface area contributed by atoms with Crippen LogP contribution in [0.5, 0.6) is 0 Å². The van der Waals surface area contributed by atoms with Crippen LogP contribution in [-0.4, -0.2) is 36.0 Å². The van der Waals surface area contributed by atoms with E-state index in [9.17, 15) is 4.79 Å². The second kappa shape index (κ2) is 7.48. The molecule has 1 atom stereocenters. The summed E-state index contributed by atoms with van der Waals surface area (Å²) >= 11 is 7.74. The summed E-state index contributed by atoms with van der Waals surface area (Å²) in [6.07, 6.45) is 2.98. The molecule has 1 aromatic rings. The monoisotopic (exact) mass is 287 g/mol. The Kier molecular flexibility index (Phi) is 6.29. The molecule has 0 aliphatic rings. The highest BCUT2D eigenvalue weighted by Crippen LogP contribution is 2.16. The van der Waals surface area contributed by atoms with Crippen molar-refractivity contribution in [3.63, 3.8) is 0 Å². The molecule has 0 saturated carbocycles. The van der Waals surface area contributed by atoms with Crippen molar-refractivity contribution in [1.82, 2.24) is 10.3 Å². The Morgan fingerprint density at radius 1 is 1.56 bits per heavy atom. The molecular weight excluding hydrogens is 270 g/mol. The van der Waals surface area contributed by atoms with Gasteiger partial charge in [0.25, 0.3) is 5.91 Å². The molecule has 18 heavy (non-hydrogen) atoms. The predicted octanol–water partition coefficient (Wildman–Crippen LogP) is 2.65. The van der Waals surface area contributed by atoms with Crippen LogP contribution in [-0.2, 0) is 0 Å². The molecule has 0 spiro atoms. The van der Waals surface area contributed by atoms with Gasteiger partial charge in [-0.1, -0.05) is 18.5 Å². The van der Waals surface area contributed by atoms with E-state index in [0.29, 0.717) is 22.6 Å². The summed E-state index contributed by atoms with van der Waals surface area (Å²) in [6, 6.07) is 3.40. The lowest BCUT2D eigenvalue weighted by atomic mass is 10.3. The zero-order valence-corrected chi connectivity index (χ0v) is 12.4. The Hall–Kier alpha value is -0.940. The summed E-state index contributed by atoms with van der Waals surface area (Å²) in [5.41, 5.74) is 0.264. The lowest BCUT2D eigenvalue weighted by Crippen LogP contribution is -2.27. The third-order valence-electron chi connectivity index (χ3n) is 2.56. The molecule has 0 aromatic carbocycles. The van der Waals surface area contributed by atoms with Crippen molar-refractivity contribution < 1.29 is 4.79 Å². The summed E-state index contributed by atoms with van der Waals surface area (Å²) in [4.78, 5) is 16.1. The number of nitrogens with zero attached hydrogens (tertiary/aromatic N) is 1. The van der Waals surface area contributed by atoms with Crippen LogP contribution in [0.25, 0.3) is 0 Å². The van der Waals surface area contributed by atoms with Gasteiger partial charge in [0.1, 0.15) is 11.5 Å². The Labute approximate surface area is 117 Å². The van der Waals surface area contributed by atoms with Crippen molar-refractivity contribution in [3.8, 4) is 0 Å². The van der Waals surface area contributed by atoms with Crippen LogP contribution in [0.3, 0.4) is 0 Å². The number of nitrogens with one attached hydrogen (secondary N) is 2. The number of hydrogen-bond donors (Lipinski definition) is 2. The van der Waals surface area contributed by atoms with Gasteiger partial charge in [0.2, 0.25) is 0 Å². The smallest absolute Gasteiger partial charge is 0.271 e. The minimum atomic E-state index is -0.231. The highest BCUT2D eigenvalue weighted by atomic mass is 35.5. The number of rotatable bonds is 6. The maximum absolute atomic E-state index is 11.9. The first-order chi connectivity index (χ1) is 8.58. The van der Waals surface area contributed by atoms with E-state index < -0.39 is 0 Å². The number of hydrogen-bond acceptors (Lipinski definition) is 4. The average molecular weight is 288 g/mol. The zero-order chi connectivity index (χ0) is 13.5. The standard InChI is InChI=1S/C12H18ClN3OS/c1-8(18-3)6-7-15-12(17)11-9(13)4-5-10(14-2)16-11/h4-5,8H,6-7H2,1-3H3,(H,14,16)(H,15,17). The molecule has 0 aliphatic heterocycles. The maximum Gasteiger partial charge on any atom is 0.271 e. The summed E-state index contributed by atoms with van der Waals surface area (Å²) in [6.45, 7) is 2.76. The fraction of sp³-hybridized carbons (Fsp3) is 0.500. The van der Waals surface area contributed by atoms with E-state index in [1.165, 1.54) is 0 Å². The molecule has 0 saturated heterocycles. The van der Waals surface area contributed by atoms with Crippen molar-refractivity contribution in [2.75, 3.05) is 25.2 Å². The summed E-state index contributed by atoms with van der Waals surface area (Å²) in [5.74, 6) is 0.396. The lowest BCUT2D eigenvalue weighted by molar-refractivity contribution is 0.0948. The molecule has 2 N–H and O–H groups in total. The van der Waals surface area contributed by atoms with Gasteiger partial charge in [-0.2, -0.15) is 11.8 Å². The molecule has 1 rings (SSSR count). The Balaban J connectivity index is 2.61. The van der Waals surface area contributed by atoms with Gasteiger partial charge in [-0.3, -0.25) is 4.79 Å². The number of halogens is 1. The third kappa shape index (κ3) is 4.38. The van der Waals surface area contributed by atoms with E-state index in [1.807, 2.05) is 0 Å². The first-order valence-corrected chi connectivity index (χ1v) is 7.40. The van der Waals surface area contributed by atoms with Gasteiger partial charge in [-0.25, -0.2) is 4.98 Å². The van der Waals surface area contributed by atoms with E-state index in [1.54, 1.807) is 30.9 Å². The van der Waals surface area contributed by atoms with Crippen LogP contribution in [0.2, 0.25) is 5.02 Å². The first-order valence-electron chi connectivity index (χ1n) is 5.73. The van der Waals surface area contributed by atoms with Crippen LogP contribution in [0, 0.1) is 0 Å². The molecule has 1 aromatic heterocycles. The van der Waals surface area contributed by atoms with Gasteiger partial charge in [0.15, 0.2) is 0 Å². The first kappa shape index (κ1) is 15.1. The van der Waals surface area contributed by atoms with Gasteiger partial charge in [0, 0.05) is 18.8 Å². The van der Waals surface area contributed by atoms with E-state index in [2.05, 4.69) is 28.8 Å². The number of anilines is 1. The number of pyridine rings is 1. The molecular formula is C12H18ClN3OS. The molecule has 1 heterocycles. The summed E-state index contributed by atoms with van der Waals surface area (Å²) in [7, 11) is 1.75. The molecule has 0 aliphatic carbocycles. The van der Waals surface area contributed by atoms with Gasteiger partial charge in [0.05, 0.1) is 5.02 Å². The Morgan fingerprint density at radius 2 is 2.28 bits per heavy atom. The largest absolute Gasteiger partial charge is 0.373 e. The average Bonchev–Trinajstić information content (AvgIpc) is 2.38. The van der Waals surface area contributed by atoms with Gasteiger partial charge >= 0.3 is 0 Å². The quantitative estimate of drug-likeness (QED) is 0.845. The minimum Gasteiger partial charge on any atom is -0.373 e. The van der Waals surface area contributed by atoms with Gasteiger partial charge < -0.3 is 10.6 Å². The maximum atomic E-state index is 11.9. The predicted molar refractivity (Wildman–Crippen MR) is 78.7 cm³/mol. The molecule has 100 valence electrons. The van der Waals surface area contributed by atoms with Crippen molar-refractivity contribution in [2.24, 2.45) is 0 Å². The molecule has 4 nitrogen and oxygen atoms in total. The van der Waals surface area contributed by atoms with Crippen molar-refractivity contribution in [1.29, 1.82) is 0 Å². The van der Waals surface area contributed by atoms with E-state index >= 15 is 0 Å². The Morgan fingerprint density at radius 3 is 2.89 bits per heavy atom. The lowest BCUT2D eigenvalue weighted by Gasteiger charge is -2.10. The molecule has 0 bridgehead atoms. The fourth-order valence-electron chi connectivity index (χ4n) is 1.33. The normalized spacial score (nSPS) is 12.0.